The van der Waals surface area contributed by atoms with Crippen LogP contribution in [0.25, 0.3) is 0 Å². The first-order chi connectivity index (χ1) is 17.0. The van der Waals surface area contributed by atoms with E-state index in [0.29, 0.717) is 26.1 Å². The van der Waals surface area contributed by atoms with Gasteiger partial charge in [0.2, 0.25) is 5.91 Å². The maximum atomic E-state index is 13.5. The zero-order valence-electron chi connectivity index (χ0n) is 20.8. The maximum Gasteiger partial charge on any atom is 0.228 e. The smallest absolute Gasteiger partial charge is 0.228 e. The van der Waals surface area contributed by atoms with Crippen molar-refractivity contribution in [1.82, 2.24) is 15.4 Å². The summed E-state index contributed by atoms with van der Waals surface area (Å²) in [6, 6.07) is 18.5. The second kappa shape index (κ2) is 14.2. The molecule has 8 heteroatoms. The van der Waals surface area contributed by atoms with Crippen molar-refractivity contribution in [1.29, 1.82) is 0 Å². The third kappa shape index (κ3) is 8.30. The van der Waals surface area contributed by atoms with E-state index < -0.39 is 12.0 Å². The van der Waals surface area contributed by atoms with Crippen LogP contribution in [0.2, 0.25) is 0 Å². The molecule has 3 atom stereocenters. The lowest BCUT2D eigenvalue weighted by atomic mass is 9.92. The Morgan fingerprint density at radius 2 is 1.86 bits per heavy atom. The fraction of sp³-hybridized carbons (Fsp3) is 0.519. The highest BCUT2D eigenvalue weighted by atomic mass is 16.8. The Labute approximate surface area is 208 Å². The Morgan fingerprint density at radius 1 is 1.11 bits per heavy atom. The van der Waals surface area contributed by atoms with Gasteiger partial charge in [-0.3, -0.25) is 19.7 Å². The molecule has 3 rings (SSSR count). The summed E-state index contributed by atoms with van der Waals surface area (Å²) < 4.78 is 5.49. The summed E-state index contributed by atoms with van der Waals surface area (Å²) in [4.78, 5) is 22.5. The Morgan fingerprint density at radius 3 is 2.51 bits per heavy atom. The van der Waals surface area contributed by atoms with Gasteiger partial charge in [-0.2, -0.15) is 0 Å². The Kier molecular flexibility index (Phi) is 11.0. The average molecular weight is 486 g/mol. The van der Waals surface area contributed by atoms with Crippen LogP contribution in [0.5, 0.6) is 5.75 Å². The van der Waals surface area contributed by atoms with Crippen LogP contribution in [-0.2, 0) is 22.6 Å². The minimum Gasteiger partial charge on any atom is -0.494 e. The van der Waals surface area contributed by atoms with Crippen LogP contribution in [0, 0.1) is 5.92 Å². The molecule has 1 saturated heterocycles. The van der Waals surface area contributed by atoms with Gasteiger partial charge < -0.3 is 14.7 Å². The highest BCUT2D eigenvalue weighted by Crippen LogP contribution is 2.22. The molecule has 3 N–H and O–H groups in total. The molecule has 1 aliphatic rings. The molecule has 2 aromatic carbocycles. The van der Waals surface area contributed by atoms with Gasteiger partial charge in [-0.25, -0.2) is 0 Å². The van der Waals surface area contributed by atoms with Gasteiger partial charge in [0.1, 0.15) is 5.75 Å². The number of carbonyl (C=O) groups is 1. The second-order valence-electron chi connectivity index (χ2n) is 9.13. The van der Waals surface area contributed by atoms with E-state index in [2.05, 4.69) is 24.0 Å². The van der Waals surface area contributed by atoms with E-state index in [9.17, 15) is 9.90 Å². The van der Waals surface area contributed by atoms with Crippen molar-refractivity contribution in [3.63, 3.8) is 0 Å². The minimum atomic E-state index is -1.01. The van der Waals surface area contributed by atoms with Crippen molar-refractivity contribution in [2.45, 2.75) is 51.8 Å². The third-order valence-electron chi connectivity index (χ3n) is 6.62. The molecule has 0 aromatic heterocycles. The lowest BCUT2D eigenvalue weighted by Crippen LogP contribution is -2.55. The number of piperazine rings is 1. The van der Waals surface area contributed by atoms with Crippen LogP contribution in [-0.4, -0.2) is 71.0 Å². The quantitative estimate of drug-likeness (QED) is 0.376. The first kappa shape index (κ1) is 27.1. The van der Waals surface area contributed by atoms with E-state index in [1.54, 1.807) is 5.64 Å². The van der Waals surface area contributed by atoms with Crippen molar-refractivity contribution in [3.05, 3.63) is 65.7 Å². The number of carbonyl (C=O) groups excluding carboxylic acids is 1. The summed E-state index contributed by atoms with van der Waals surface area (Å²) in [6.07, 6.45) is 1.06. The van der Waals surface area contributed by atoms with Gasteiger partial charge in [0, 0.05) is 32.2 Å². The molecule has 1 amide bonds. The molecule has 35 heavy (non-hydrogen) atoms. The van der Waals surface area contributed by atoms with Crippen molar-refractivity contribution in [2.24, 2.45) is 5.92 Å². The van der Waals surface area contributed by atoms with Gasteiger partial charge in [-0.05, 0) is 56.4 Å². The zero-order chi connectivity index (χ0) is 25.0. The van der Waals surface area contributed by atoms with Crippen molar-refractivity contribution in [3.8, 4) is 5.75 Å². The normalized spacial score (nSPS) is 18.3. The molecular weight excluding hydrogens is 446 g/mol. The Bertz CT molecular complexity index is 880. The fourth-order valence-electron chi connectivity index (χ4n) is 4.65. The monoisotopic (exact) mass is 485 g/mol. The number of nitrogens with zero attached hydrogens (tertiary/aromatic N) is 2. The van der Waals surface area contributed by atoms with Crippen LogP contribution in [0.3, 0.4) is 0 Å². The molecule has 0 bridgehead atoms. The highest BCUT2D eigenvalue weighted by molar-refractivity contribution is 5.79. The molecule has 0 radical (unpaired) electrons. The SMILES string of the molecule is CCOc1ccc(CCC[C@@H](C(=O)N2CCN(Cc3ccccc3)C(C)C2)[C@H](O)CONO)cc1. The molecule has 1 heterocycles. The summed E-state index contributed by atoms with van der Waals surface area (Å²) in [6.45, 7) is 7.43. The van der Waals surface area contributed by atoms with Crippen LogP contribution < -0.4 is 10.4 Å². The van der Waals surface area contributed by atoms with Crippen molar-refractivity contribution < 1.29 is 24.7 Å². The number of aryl methyl sites for hydroxylation is 1. The van der Waals surface area contributed by atoms with E-state index in [1.165, 1.54) is 5.56 Å². The highest BCUT2D eigenvalue weighted by Gasteiger charge is 2.34. The molecule has 1 fully saturated rings. The van der Waals surface area contributed by atoms with E-state index >= 15 is 0 Å². The molecule has 1 unspecified atom stereocenters. The zero-order valence-corrected chi connectivity index (χ0v) is 20.8. The number of benzene rings is 2. The average Bonchev–Trinajstić information content (AvgIpc) is 2.88. The Hall–Kier alpha value is -2.49. The number of rotatable bonds is 13. The van der Waals surface area contributed by atoms with Crippen LogP contribution in [0.15, 0.2) is 54.6 Å². The van der Waals surface area contributed by atoms with Crippen molar-refractivity contribution in [2.75, 3.05) is 32.8 Å². The van der Waals surface area contributed by atoms with E-state index in [4.69, 9.17) is 14.8 Å². The molecule has 192 valence electrons. The molecule has 8 nitrogen and oxygen atoms in total. The number of aliphatic hydroxyl groups is 1. The molecule has 0 saturated carbocycles. The molecule has 0 aliphatic carbocycles. The van der Waals surface area contributed by atoms with Gasteiger partial charge in [0.15, 0.2) is 0 Å². The molecule has 0 spiro atoms. The van der Waals surface area contributed by atoms with Gasteiger partial charge >= 0.3 is 0 Å². The maximum absolute atomic E-state index is 13.5. The second-order valence-corrected chi connectivity index (χ2v) is 9.13. The topological polar surface area (TPSA) is 94.5 Å². The van der Waals surface area contributed by atoms with Gasteiger partial charge in [0.25, 0.3) is 0 Å². The lowest BCUT2D eigenvalue weighted by Gasteiger charge is -2.41. The van der Waals surface area contributed by atoms with Crippen LogP contribution in [0.1, 0.15) is 37.8 Å². The summed E-state index contributed by atoms with van der Waals surface area (Å²) in [5.41, 5.74) is 4.02. The summed E-state index contributed by atoms with van der Waals surface area (Å²) >= 11 is 0. The predicted molar refractivity (Wildman–Crippen MR) is 134 cm³/mol. The predicted octanol–water partition coefficient (Wildman–Crippen LogP) is 3.03. The number of nitrogens with one attached hydrogen (secondary N) is 1. The lowest BCUT2D eigenvalue weighted by molar-refractivity contribution is -0.163. The number of amides is 1. The third-order valence-corrected chi connectivity index (χ3v) is 6.62. The number of aliphatic hydroxyl groups excluding tert-OH is 1. The summed E-state index contributed by atoms with van der Waals surface area (Å²) in [5, 5.41) is 19.5. The first-order valence-electron chi connectivity index (χ1n) is 12.5. The van der Waals surface area contributed by atoms with Crippen LogP contribution in [0.4, 0.5) is 0 Å². The standard InChI is InChI=1S/C27H39N3O5/c1-3-34-24-14-12-22(13-15-24)10-7-11-25(26(31)20-35-28-33)27(32)30-17-16-29(21(2)18-30)19-23-8-5-4-6-9-23/h4-6,8-9,12-15,21,25-26,28,31,33H,3,7,10-11,16-20H2,1-2H3/t21?,25-,26-/m1/s1. The summed E-state index contributed by atoms with van der Waals surface area (Å²) in [7, 11) is 0. The fourth-order valence-corrected chi connectivity index (χ4v) is 4.65. The van der Waals surface area contributed by atoms with Gasteiger partial charge in [-0.1, -0.05) is 48.1 Å². The van der Waals surface area contributed by atoms with Gasteiger partial charge in [0.05, 0.1) is 25.2 Å². The van der Waals surface area contributed by atoms with E-state index in [1.807, 2.05) is 54.3 Å². The summed E-state index contributed by atoms with van der Waals surface area (Å²) in [5.74, 6) is 0.185. The molecular formula is C27H39N3O5. The van der Waals surface area contributed by atoms with Crippen LogP contribution >= 0.6 is 0 Å². The molecule has 2 aromatic rings. The molecule has 1 aliphatic heterocycles. The van der Waals surface area contributed by atoms with E-state index in [0.717, 1.165) is 37.2 Å². The first-order valence-corrected chi connectivity index (χ1v) is 12.5. The largest absolute Gasteiger partial charge is 0.494 e. The Balaban J connectivity index is 1.57. The number of hydrogen-bond donors (Lipinski definition) is 3. The number of ether oxygens (including phenoxy) is 1. The number of hydrogen-bond acceptors (Lipinski definition) is 7. The van der Waals surface area contributed by atoms with Crippen molar-refractivity contribution >= 4 is 5.91 Å². The van der Waals surface area contributed by atoms with Gasteiger partial charge in [-0.15, -0.1) is 0 Å². The van der Waals surface area contributed by atoms with E-state index in [-0.39, 0.29) is 18.6 Å². The minimum absolute atomic E-state index is 0.0584.